The number of aromatic nitrogens is 1. The number of halogens is 4. The Balaban J connectivity index is 3.22. The lowest BCUT2D eigenvalue weighted by Crippen LogP contribution is -1.99. The second-order valence-electron chi connectivity index (χ2n) is 2.15. The number of nitrogens with zero attached hydrogens (tertiary/aromatic N) is 1. The Bertz CT molecular complexity index is 320. The summed E-state index contributed by atoms with van der Waals surface area (Å²) in [7, 11) is 1.41. The molecule has 0 radical (unpaired) electrons. The van der Waals surface area contributed by atoms with Crippen LogP contribution < -0.4 is 4.74 Å². The van der Waals surface area contributed by atoms with E-state index < -0.39 is 6.43 Å². The van der Waals surface area contributed by atoms with E-state index in [1.807, 2.05) is 45.2 Å². The van der Waals surface area contributed by atoms with Crippen LogP contribution in [0.15, 0.2) is 6.07 Å². The Hall–Kier alpha value is 0.270. The van der Waals surface area contributed by atoms with E-state index in [0.29, 0.717) is 0 Å². The average molecular weight is 411 g/mol. The zero-order valence-electron chi connectivity index (χ0n) is 6.52. The second kappa shape index (κ2) is 4.67. The first-order valence-corrected chi connectivity index (χ1v) is 5.40. The molecule has 1 aromatic heterocycles. The monoisotopic (exact) mass is 411 g/mol. The molecule has 1 heterocycles. The molecule has 2 nitrogen and oxygen atoms in total. The molecular weight excluding hydrogens is 406 g/mol. The summed E-state index contributed by atoms with van der Waals surface area (Å²) < 4.78 is 30.9. The summed E-state index contributed by atoms with van der Waals surface area (Å²) >= 11 is 3.98. The molecule has 13 heavy (non-hydrogen) atoms. The fraction of sp³-hybridized carbons (Fsp3) is 0.286. The number of rotatable bonds is 2. The van der Waals surface area contributed by atoms with Gasteiger partial charge in [-0.2, -0.15) is 0 Å². The highest BCUT2D eigenvalue weighted by Gasteiger charge is 2.15. The summed E-state index contributed by atoms with van der Waals surface area (Å²) in [5, 5.41) is 0. The molecule has 0 aliphatic carbocycles. The molecular formula is C7H5F2I2NO. The van der Waals surface area contributed by atoms with Crippen LogP contribution in [0.5, 0.6) is 5.88 Å². The summed E-state index contributed by atoms with van der Waals surface area (Å²) in [6.07, 6.45) is -2.56. The van der Waals surface area contributed by atoms with Crippen molar-refractivity contribution in [3.8, 4) is 5.88 Å². The summed E-state index contributed by atoms with van der Waals surface area (Å²) in [6.45, 7) is 0. The van der Waals surface area contributed by atoms with E-state index in [0.717, 1.165) is 7.14 Å². The zero-order valence-corrected chi connectivity index (χ0v) is 10.8. The Morgan fingerprint density at radius 3 is 2.54 bits per heavy atom. The van der Waals surface area contributed by atoms with Gasteiger partial charge in [-0.3, -0.25) is 0 Å². The predicted octanol–water partition coefficient (Wildman–Crippen LogP) is 3.24. The first-order valence-electron chi connectivity index (χ1n) is 3.24. The Kier molecular flexibility index (Phi) is 4.07. The summed E-state index contributed by atoms with van der Waals surface area (Å²) in [6, 6.07) is 1.36. The highest BCUT2D eigenvalue weighted by atomic mass is 127. The van der Waals surface area contributed by atoms with Crippen molar-refractivity contribution in [3.63, 3.8) is 0 Å². The van der Waals surface area contributed by atoms with Gasteiger partial charge < -0.3 is 4.74 Å². The largest absolute Gasteiger partial charge is 0.480 e. The Labute approximate surface area is 101 Å². The van der Waals surface area contributed by atoms with E-state index in [9.17, 15) is 8.78 Å². The summed E-state index contributed by atoms with van der Waals surface area (Å²) in [5.41, 5.74) is -0.248. The van der Waals surface area contributed by atoms with E-state index >= 15 is 0 Å². The van der Waals surface area contributed by atoms with Crippen molar-refractivity contribution in [1.29, 1.82) is 0 Å². The van der Waals surface area contributed by atoms with Crippen LogP contribution in [0.3, 0.4) is 0 Å². The van der Waals surface area contributed by atoms with Crippen molar-refractivity contribution in [2.24, 2.45) is 0 Å². The van der Waals surface area contributed by atoms with E-state index in [1.165, 1.54) is 13.2 Å². The quantitative estimate of drug-likeness (QED) is 0.698. The number of methoxy groups -OCH3 is 1. The number of hydrogen-bond donors (Lipinski definition) is 0. The third-order valence-corrected chi connectivity index (χ3v) is 4.24. The molecule has 0 aromatic carbocycles. The Morgan fingerprint density at radius 2 is 2.08 bits per heavy atom. The van der Waals surface area contributed by atoms with Gasteiger partial charge in [0.25, 0.3) is 6.43 Å². The van der Waals surface area contributed by atoms with Crippen molar-refractivity contribution < 1.29 is 13.5 Å². The van der Waals surface area contributed by atoms with Crippen LogP contribution in [-0.4, -0.2) is 12.1 Å². The third-order valence-electron chi connectivity index (χ3n) is 1.32. The van der Waals surface area contributed by atoms with Gasteiger partial charge in [0.05, 0.1) is 10.7 Å². The van der Waals surface area contributed by atoms with Crippen molar-refractivity contribution in [2.75, 3.05) is 7.11 Å². The van der Waals surface area contributed by atoms with Gasteiger partial charge in [-0.15, -0.1) is 0 Å². The maximum Gasteiger partial charge on any atom is 0.280 e. The van der Waals surface area contributed by atoms with Crippen LogP contribution in [-0.2, 0) is 0 Å². The minimum atomic E-state index is -2.56. The lowest BCUT2D eigenvalue weighted by molar-refractivity contribution is 0.145. The fourth-order valence-electron chi connectivity index (χ4n) is 0.741. The molecule has 0 saturated heterocycles. The predicted molar refractivity (Wildman–Crippen MR) is 61.2 cm³/mol. The molecule has 0 unspecified atom stereocenters. The lowest BCUT2D eigenvalue weighted by atomic mass is 10.3. The van der Waals surface area contributed by atoms with Gasteiger partial charge in [0.2, 0.25) is 5.88 Å². The smallest absolute Gasteiger partial charge is 0.280 e. The van der Waals surface area contributed by atoms with Gasteiger partial charge in [0, 0.05) is 3.57 Å². The number of pyridine rings is 1. The van der Waals surface area contributed by atoms with Crippen LogP contribution in [0.25, 0.3) is 0 Å². The van der Waals surface area contributed by atoms with Crippen LogP contribution in [0, 0.1) is 7.14 Å². The molecule has 0 saturated carbocycles. The molecule has 6 heteroatoms. The molecule has 0 atom stereocenters. The highest BCUT2D eigenvalue weighted by Crippen LogP contribution is 2.28. The SMILES string of the molecule is COc1nc(C(F)F)cc(I)c1I. The second-order valence-corrected chi connectivity index (χ2v) is 4.39. The van der Waals surface area contributed by atoms with Gasteiger partial charge >= 0.3 is 0 Å². The van der Waals surface area contributed by atoms with Crippen molar-refractivity contribution >= 4 is 45.2 Å². The zero-order chi connectivity index (χ0) is 10.0. The summed E-state index contributed by atoms with van der Waals surface area (Å²) in [4.78, 5) is 3.67. The number of hydrogen-bond acceptors (Lipinski definition) is 2. The van der Waals surface area contributed by atoms with E-state index in [4.69, 9.17) is 4.74 Å². The van der Waals surface area contributed by atoms with Crippen LogP contribution in [0.2, 0.25) is 0 Å². The maximum atomic E-state index is 12.3. The normalized spacial score (nSPS) is 10.6. The minimum Gasteiger partial charge on any atom is -0.480 e. The molecule has 1 aromatic rings. The van der Waals surface area contributed by atoms with Crippen molar-refractivity contribution in [2.45, 2.75) is 6.43 Å². The molecule has 0 bridgehead atoms. The molecule has 0 aliphatic rings. The van der Waals surface area contributed by atoms with Crippen molar-refractivity contribution in [3.05, 3.63) is 18.9 Å². The molecule has 0 spiro atoms. The first kappa shape index (κ1) is 11.3. The van der Waals surface area contributed by atoms with Gasteiger partial charge in [-0.05, 0) is 51.2 Å². The van der Waals surface area contributed by atoms with Gasteiger partial charge in [-0.25, -0.2) is 13.8 Å². The summed E-state index contributed by atoms with van der Waals surface area (Å²) in [5.74, 6) is 0.253. The lowest BCUT2D eigenvalue weighted by Gasteiger charge is -2.06. The maximum absolute atomic E-state index is 12.3. The van der Waals surface area contributed by atoms with E-state index in [1.54, 1.807) is 0 Å². The van der Waals surface area contributed by atoms with Crippen molar-refractivity contribution in [1.82, 2.24) is 4.98 Å². The number of alkyl halides is 2. The molecule has 0 N–H and O–H groups in total. The number of ether oxygens (including phenoxy) is 1. The highest BCUT2D eigenvalue weighted by molar-refractivity contribution is 14.1. The molecule has 72 valence electrons. The average Bonchev–Trinajstić information content (AvgIpc) is 2.09. The molecule has 0 fully saturated rings. The van der Waals surface area contributed by atoms with Gasteiger partial charge in [0.15, 0.2) is 0 Å². The molecule has 0 aliphatic heterocycles. The van der Waals surface area contributed by atoms with Gasteiger partial charge in [-0.1, -0.05) is 0 Å². The van der Waals surface area contributed by atoms with Gasteiger partial charge in [0.1, 0.15) is 5.69 Å². The standard InChI is InChI=1S/C7H5F2I2NO/c1-13-7-5(11)3(10)2-4(12-7)6(8)9/h2,6H,1H3. The third kappa shape index (κ3) is 2.61. The molecule has 1 rings (SSSR count). The molecule has 0 amide bonds. The van der Waals surface area contributed by atoms with E-state index in [2.05, 4.69) is 4.98 Å². The minimum absolute atomic E-state index is 0.248. The van der Waals surface area contributed by atoms with Crippen LogP contribution in [0.4, 0.5) is 8.78 Å². The Morgan fingerprint density at radius 1 is 1.46 bits per heavy atom. The van der Waals surface area contributed by atoms with Crippen LogP contribution in [0.1, 0.15) is 12.1 Å². The fourth-order valence-corrected chi connectivity index (χ4v) is 1.79. The topological polar surface area (TPSA) is 22.1 Å². The van der Waals surface area contributed by atoms with E-state index in [-0.39, 0.29) is 11.6 Å². The van der Waals surface area contributed by atoms with Crippen LogP contribution >= 0.6 is 45.2 Å². The first-order chi connectivity index (χ1) is 6.06.